The fraction of sp³-hybridized carbons (Fsp3) is 0.462. The number of hydrogen-bond acceptors (Lipinski definition) is 7. The van der Waals surface area contributed by atoms with E-state index in [-0.39, 0.29) is 17.3 Å². The maximum absolute atomic E-state index is 13.4. The van der Waals surface area contributed by atoms with E-state index >= 15 is 0 Å². The van der Waals surface area contributed by atoms with Gasteiger partial charge in [-0.05, 0) is 50.9 Å². The summed E-state index contributed by atoms with van der Waals surface area (Å²) < 4.78 is 42.2. The zero-order chi connectivity index (χ0) is 26.9. The maximum Gasteiger partial charge on any atom is 0.416 e. The van der Waals surface area contributed by atoms with Gasteiger partial charge in [-0.3, -0.25) is 4.79 Å². The molecule has 1 amide bonds. The number of aromatic nitrogens is 4. The Morgan fingerprint density at radius 1 is 1.05 bits per heavy atom. The molecular weight excluding hydrogens is 497 g/mol. The molecule has 9 nitrogen and oxygen atoms in total. The number of piperidine rings is 1. The van der Waals surface area contributed by atoms with Gasteiger partial charge >= 0.3 is 6.18 Å². The number of primary amides is 1. The maximum atomic E-state index is 13.4. The van der Waals surface area contributed by atoms with Crippen molar-refractivity contribution < 1.29 is 18.0 Å². The summed E-state index contributed by atoms with van der Waals surface area (Å²) >= 11 is 0. The van der Waals surface area contributed by atoms with E-state index in [9.17, 15) is 18.0 Å². The first-order valence-corrected chi connectivity index (χ1v) is 12.8. The average Bonchev–Trinajstić information content (AvgIpc) is 3.57. The number of amides is 1. The van der Waals surface area contributed by atoms with E-state index in [0.717, 1.165) is 57.0 Å². The van der Waals surface area contributed by atoms with Crippen LogP contribution in [0.5, 0.6) is 0 Å². The van der Waals surface area contributed by atoms with Crippen LogP contribution in [0.4, 0.5) is 24.8 Å². The monoisotopic (exact) mass is 528 g/mol. The number of imidazole rings is 1. The minimum Gasteiger partial charge on any atom is -0.383 e. The minimum absolute atomic E-state index is 0.0489. The summed E-state index contributed by atoms with van der Waals surface area (Å²) in [6.45, 7) is 4.90. The molecule has 3 aromatic rings. The van der Waals surface area contributed by atoms with E-state index in [0.29, 0.717) is 30.2 Å². The molecule has 2 fully saturated rings. The van der Waals surface area contributed by atoms with Gasteiger partial charge in [-0.25, -0.2) is 15.0 Å². The lowest BCUT2D eigenvalue weighted by Gasteiger charge is -2.33. The average molecular weight is 529 g/mol. The molecule has 38 heavy (non-hydrogen) atoms. The van der Waals surface area contributed by atoms with Gasteiger partial charge in [-0.15, -0.1) is 0 Å². The summed E-state index contributed by atoms with van der Waals surface area (Å²) in [4.78, 5) is 29.4. The van der Waals surface area contributed by atoms with Gasteiger partial charge in [0, 0.05) is 43.9 Å². The van der Waals surface area contributed by atoms with Gasteiger partial charge in [0.2, 0.25) is 0 Å². The number of likely N-dealkylation sites (tertiary alicyclic amines) is 1. The van der Waals surface area contributed by atoms with E-state index in [2.05, 4.69) is 19.4 Å². The van der Waals surface area contributed by atoms with Crippen molar-refractivity contribution in [3.63, 3.8) is 0 Å². The van der Waals surface area contributed by atoms with Gasteiger partial charge in [0.15, 0.2) is 0 Å². The van der Waals surface area contributed by atoms with Crippen molar-refractivity contribution >= 4 is 17.5 Å². The van der Waals surface area contributed by atoms with Crippen LogP contribution in [0.1, 0.15) is 53.3 Å². The number of anilines is 2. The lowest BCUT2D eigenvalue weighted by molar-refractivity contribution is -0.137. The van der Waals surface area contributed by atoms with Crippen LogP contribution >= 0.6 is 0 Å². The predicted molar refractivity (Wildman–Crippen MR) is 137 cm³/mol. The molecule has 0 aliphatic carbocycles. The topological polar surface area (TPSA) is 119 Å². The molecule has 4 heterocycles. The van der Waals surface area contributed by atoms with E-state index < -0.39 is 17.6 Å². The molecule has 2 aliphatic heterocycles. The fourth-order valence-electron chi connectivity index (χ4n) is 5.40. The second-order valence-corrected chi connectivity index (χ2v) is 9.89. The third-order valence-corrected chi connectivity index (χ3v) is 7.41. The molecule has 0 atom stereocenters. The number of benzene rings is 1. The Bertz CT molecular complexity index is 1290. The molecule has 1 aromatic carbocycles. The van der Waals surface area contributed by atoms with Crippen molar-refractivity contribution in [1.29, 1.82) is 0 Å². The van der Waals surface area contributed by atoms with Crippen LogP contribution in [0, 0.1) is 0 Å². The first kappa shape index (κ1) is 26.0. The standard InChI is InChI=1S/C26H31F3N8O/c27-26(28,29)19-5-3-4-18(14-19)20-15-37(13-12-35-8-1-2-9-35)24(34-20)17-6-10-36(11-7-17)25-21(23(31)38)22(30)32-16-33-25/h3-5,14-17H,1-2,6-13H2,(H2,31,38)(H2,30,32,33). The zero-order valence-electron chi connectivity index (χ0n) is 21.0. The summed E-state index contributed by atoms with van der Waals surface area (Å²) in [6.07, 6.45) is 2.60. The second-order valence-electron chi connectivity index (χ2n) is 9.89. The first-order valence-electron chi connectivity index (χ1n) is 12.8. The summed E-state index contributed by atoms with van der Waals surface area (Å²) in [5.41, 5.74) is 11.8. The summed E-state index contributed by atoms with van der Waals surface area (Å²) in [6, 6.07) is 5.32. The van der Waals surface area contributed by atoms with Crippen LogP contribution in [0.3, 0.4) is 0 Å². The number of rotatable bonds is 7. The molecule has 0 unspecified atom stereocenters. The summed E-state index contributed by atoms with van der Waals surface area (Å²) in [5, 5.41) is 0. The molecule has 5 rings (SSSR count). The molecule has 12 heteroatoms. The lowest BCUT2D eigenvalue weighted by atomic mass is 9.95. The summed E-state index contributed by atoms with van der Waals surface area (Å²) in [7, 11) is 0. The van der Waals surface area contributed by atoms with Gasteiger partial charge in [0.1, 0.15) is 29.4 Å². The molecule has 2 aliphatic rings. The Morgan fingerprint density at radius 3 is 2.47 bits per heavy atom. The molecule has 0 radical (unpaired) electrons. The van der Waals surface area contributed by atoms with Gasteiger partial charge in [0.25, 0.3) is 5.91 Å². The zero-order valence-corrected chi connectivity index (χ0v) is 21.0. The van der Waals surface area contributed by atoms with Crippen molar-refractivity contribution in [1.82, 2.24) is 24.4 Å². The van der Waals surface area contributed by atoms with Crippen LogP contribution < -0.4 is 16.4 Å². The Kier molecular flexibility index (Phi) is 7.24. The lowest BCUT2D eigenvalue weighted by Crippen LogP contribution is -2.36. The number of nitrogens with two attached hydrogens (primary N) is 2. The molecule has 2 saturated heterocycles. The number of halogens is 3. The van der Waals surface area contributed by atoms with Gasteiger partial charge in [-0.2, -0.15) is 13.2 Å². The van der Waals surface area contributed by atoms with E-state index in [1.54, 1.807) is 6.07 Å². The number of nitrogen functional groups attached to an aromatic ring is 1. The third kappa shape index (κ3) is 5.45. The van der Waals surface area contributed by atoms with Crippen molar-refractivity contribution in [3.05, 3.63) is 53.7 Å². The molecule has 0 saturated carbocycles. The van der Waals surface area contributed by atoms with Gasteiger partial charge < -0.3 is 25.8 Å². The van der Waals surface area contributed by atoms with Crippen LogP contribution in [0.15, 0.2) is 36.8 Å². The smallest absolute Gasteiger partial charge is 0.383 e. The largest absolute Gasteiger partial charge is 0.416 e. The highest BCUT2D eigenvalue weighted by Crippen LogP contribution is 2.35. The molecule has 4 N–H and O–H groups in total. The van der Waals surface area contributed by atoms with Crippen molar-refractivity contribution in [3.8, 4) is 11.3 Å². The highest BCUT2D eigenvalue weighted by Gasteiger charge is 2.32. The normalized spacial score (nSPS) is 17.3. The quantitative estimate of drug-likeness (QED) is 0.482. The molecule has 0 spiro atoms. The molecule has 0 bridgehead atoms. The van der Waals surface area contributed by atoms with Crippen molar-refractivity contribution in [2.45, 2.75) is 44.3 Å². The predicted octanol–water partition coefficient (Wildman–Crippen LogP) is 3.52. The van der Waals surface area contributed by atoms with Crippen molar-refractivity contribution in [2.24, 2.45) is 5.73 Å². The van der Waals surface area contributed by atoms with Crippen LogP contribution in [0.2, 0.25) is 0 Å². The highest BCUT2D eigenvalue weighted by molar-refractivity contribution is 6.01. The third-order valence-electron chi connectivity index (χ3n) is 7.41. The Labute approximate surface area is 218 Å². The van der Waals surface area contributed by atoms with Gasteiger partial charge in [-0.1, -0.05) is 12.1 Å². The van der Waals surface area contributed by atoms with E-state index in [1.165, 1.54) is 25.2 Å². The number of hydrogen-bond donors (Lipinski definition) is 2. The van der Waals surface area contributed by atoms with Gasteiger partial charge in [0.05, 0.1) is 11.3 Å². The van der Waals surface area contributed by atoms with E-state index in [1.807, 2.05) is 11.1 Å². The van der Waals surface area contributed by atoms with Crippen LogP contribution in [0.25, 0.3) is 11.3 Å². The van der Waals surface area contributed by atoms with Crippen molar-refractivity contribution in [2.75, 3.05) is 43.4 Å². The highest BCUT2D eigenvalue weighted by atomic mass is 19.4. The number of nitrogens with zero attached hydrogens (tertiary/aromatic N) is 6. The van der Waals surface area contributed by atoms with Crippen LogP contribution in [-0.4, -0.2) is 63.0 Å². The number of alkyl halides is 3. The van der Waals surface area contributed by atoms with Crippen LogP contribution in [-0.2, 0) is 12.7 Å². The molecular formula is C26H31F3N8O. The first-order chi connectivity index (χ1) is 18.2. The molecule has 2 aromatic heterocycles. The fourth-order valence-corrected chi connectivity index (χ4v) is 5.40. The Morgan fingerprint density at radius 2 is 1.79 bits per heavy atom. The Hall–Kier alpha value is -3.67. The number of carbonyl (C=O) groups is 1. The Balaban J connectivity index is 1.39. The van der Waals surface area contributed by atoms with E-state index in [4.69, 9.17) is 16.5 Å². The molecule has 202 valence electrons. The minimum atomic E-state index is -4.42. The number of carbonyl (C=O) groups excluding carboxylic acids is 1. The summed E-state index contributed by atoms with van der Waals surface area (Å²) in [5.74, 6) is 0.760. The second kappa shape index (κ2) is 10.6. The SMILES string of the molecule is NC(=O)c1c(N)ncnc1N1CCC(c2nc(-c3cccc(C(F)(F)F)c3)cn2CCN2CCCC2)CC1.